The summed E-state index contributed by atoms with van der Waals surface area (Å²) >= 11 is 0. The fraction of sp³-hybridized carbons (Fsp3) is 0.316. The molecule has 1 amide bonds. The van der Waals surface area contributed by atoms with E-state index in [1.165, 1.54) is 17.7 Å². The molecular weight excluding hydrogens is 293 g/mol. The zero-order valence-corrected chi connectivity index (χ0v) is 13.8. The van der Waals surface area contributed by atoms with Crippen LogP contribution in [-0.4, -0.2) is 19.1 Å². The second kappa shape index (κ2) is 7.77. The number of benzene rings is 2. The van der Waals surface area contributed by atoms with Gasteiger partial charge in [0.05, 0.1) is 13.0 Å². The Hall–Kier alpha value is -2.36. The molecule has 0 heterocycles. The monoisotopic (exact) mass is 315 g/mol. The normalized spacial score (nSPS) is 10.4. The largest absolute Gasteiger partial charge is 0.493 e. The van der Waals surface area contributed by atoms with Gasteiger partial charge in [-0.05, 0) is 56.7 Å². The second-order valence-electron chi connectivity index (χ2n) is 5.48. The summed E-state index contributed by atoms with van der Waals surface area (Å²) in [5.74, 6) is 0.451. The van der Waals surface area contributed by atoms with E-state index in [-0.39, 0.29) is 18.1 Å². The summed E-state index contributed by atoms with van der Waals surface area (Å²) < 4.78 is 18.7. The molecule has 0 fully saturated rings. The Kier molecular flexibility index (Phi) is 5.74. The van der Waals surface area contributed by atoms with Crippen molar-refractivity contribution in [2.24, 2.45) is 0 Å². The molecule has 0 aliphatic rings. The third-order valence-corrected chi connectivity index (χ3v) is 3.66. The van der Waals surface area contributed by atoms with Crippen LogP contribution in [0.2, 0.25) is 0 Å². The van der Waals surface area contributed by atoms with E-state index in [1.54, 1.807) is 17.0 Å². The van der Waals surface area contributed by atoms with E-state index in [0.29, 0.717) is 18.8 Å². The Balaban J connectivity index is 1.93. The molecule has 3 nitrogen and oxygen atoms in total. The van der Waals surface area contributed by atoms with E-state index in [4.69, 9.17) is 4.74 Å². The minimum Gasteiger partial charge on any atom is -0.493 e. The van der Waals surface area contributed by atoms with Gasteiger partial charge in [0.15, 0.2) is 0 Å². The number of carbonyl (C=O) groups is 1. The number of nitrogens with zero attached hydrogens (tertiary/aromatic N) is 1. The van der Waals surface area contributed by atoms with Gasteiger partial charge in [-0.25, -0.2) is 4.39 Å². The highest BCUT2D eigenvalue weighted by Crippen LogP contribution is 2.19. The fourth-order valence-electron chi connectivity index (χ4n) is 2.47. The number of halogens is 1. The van der Waals surface area contributed by atoms with Gasteiger partial charge in [-0.2, -0.15) is 0 Å². The summed E-state index contributed by atoms with van der Waals surface area (Å²) in [5.41, 5.74) is 2.94. The molecule has 0 unspecified atom stereocenters. The third-order valence-electron chi connectivity index (χ3n) is 3.66. The van der Waals surface area contributed by atoms with Crippen molar-refractivity contribution in [1.82, 2.24) is 0 Å². The van der Waals surface area contributed by atoms with E-state index in [2.05, 4.69) is 0 Å². The van der Waals surface area contributed by atoms with Gasteiger partial charge in [-0.15, -0.1) is 0 Å². The molecule has 0 radical (unpaired) electrons. The molecule has 0 spiro atoms. The van der Waals surface area contributed by atoms with Crippen LogP contribution in [0.5, 0.6) is 5.75 Å². The second-order valence-corrected chi connectivity index (χ2v) is 5.48. The average Bonchev–Trinajstić information content (AvgIpc) is 2.52. The first kappa shape index (κ1) is 17.0. The smallest absolute Gasteiger partial charge is 0.230 e. The van der Waals surface area contributed by atoms with Crippen LogP contribution in [0.25, 0.3) is 0 Å². The molecule has 2 rings (SSSR count). The van der Waals surface area contributed by atoms with Crippen LogP contribution in [0, 0.1) is 19.7 Å². The molecule has 4 heteroatoms. The molecule has 0 N–H and O–H groups in total. The quantitative estimate of drug-likeness (QED) is 0.797. The van der Waals surface area contributed by atoms with E-state index >= 15 is 0 Å². The highest BCUT2D eigenvalue weighted by molar-refractivity contribution is 5.93. The third kappa shape index (κ3) is 4.55. The lowest BCUT2D eigenvalue weighted by molar-refractivity contribution is -0.119. The summed E-state index contributed by atoms with van der Waals surface area (Å²) in [5, 5.41) is 0. The van der Waals surface area contributed by atoms with Crippen LogP contribution in [-0.2, 0) is 4.79 Å². The van der Waals surface area contributed by atoms with Crippen molar-refractivity contribution in [2.45, 2.75) is 27.2 Å². The van der Waals surface area contributed by atoms with Crippen molar-refractivity contribution < 1.29 is 13.9 Å². The Bertz CT molecular complexity index is 668. The number of carbonyl (C=O) groups excluding carboxylic acids is 1. The lowest BCUT2D eigenvalue weighted by Gasteiger charge is -2.21. The number of amides is 1. The molecule has 0 saturated heterocycles. The lowest BCUT2D eigenvalue weighted by Crippen LogP contribution is -2.31. The predicted molar refractivity (Wildman–Crippen MR) is 90.5 cm³/mol. The highest BCUT2D eigenvalue weighted by atomic mass is 19.1. The fourth-order valence-corrected chi connectivity index (χ4v) is 2.47. The van der Waals surface area contributed by atoms with Crippen molar-refractivity contribution in [1.29, 1.82) is 0 Å². The Labute approximate surface area is 136 Å². The van der Waals surface area contributed by atoms with Crippen LogP contribution in [0.3, 0.4) is 0 Å². The summed E-state index contributed by atoms with van der Waals surface area (Å²) in [6.45, 7) is 6.77. The Morgan fingerprint density at radius 2 is 1.83 bits per heavy atom. The zero-order chi connectivity index (χ0) is 16.8. The van der Waals surface area contributed by atoms with Crippen molar-refractivity contribution in [2.75, 3.05) is 18.1 Å². The van der Waals surface area contributed by atoms with Gasteiger partial charge in [0.2, 0.25) is 5.91 Å². The van der Waals surface area contributed by atoms with Crippen LogP contribution in [0.4, 0.5) is 10.1 Å². The average molecular weight is 315 g/mol. The number of rotatable bonds is 6. The number of hydrogen-bond acceptors (Lipinski definition) is 2. The molecule has 0 atom stereocenters. The number of hydrogen-bond donors (Lipinski definition) is 0. The first-order chi connectivity index (χ1) is 11.0. The molecule has 2 aromatic carbocycles. The van der Waals surface area contributed by atoms with Gasteiger partial charge in [-0.3, -0.25) is 4.79 Å². The maximum absolute atomic E-state index is 13.0. The van der Waals surface area contributed by atoms with Crippen molar-refractivity contribution in [3.05, 3.63) is 59.4 Å². The van der Waals surface area contributed by atoms with Gasteiger partial charge in [-0.1, -0.05) is 17.7 Å². The van der Waals surface area contributed by atoms with Gasteiger partial charge < -0.3 is 9.64 Å². The van der Waals surface area contributed by atoms with Crippen molar-refractivity contribution in [3.63, 3.8) is 0 Å². The predicted octanol–water partition coefficient (Wildman–Crippen LogP) is 4.26. The van der Waals surface area contributed by atoms with E-state index < -0.39 is 0 Å². The van der Waals surface area contributed by atoms with E-state index in [9.17, 15) is 9.18 Å². The van der Waals surface area contributed by atoms with Gasteiger partial charge >= 0.3 is 0 Å². The maximum Gasteiger partial charge on any atom is 0.230 e. The van der Waals surface area contributed by atoms with Crippen LogP contribution < -0.4 is 9.64 Å². The number of ether oxygens (including phenoxy) is 1. The maximum atomic E-state index is 13.0. The summed E-state index contributed by atoms with van der Waals surface area (Å²) in [4.78, 5) is 14.0. The Morgan fingerprint density at radius 1 is 1.13 bits per heavy atom. The first-order valence-electron chi connectivity index (χ1n) is 7.77. The summed E-state index contributed by atoms with van der Waals surface area (Å²) in [7, 11) is 0. The molecule has 2 aromatic rings. The minimum absolute atomic E-state index is 0.0381. The van der Waals surface area contributed by atoms with Crippen LogP contribution in [0.1, 0.15) is 24.5 Å². The van der Waals surface area contributed by atoms with Gasteiger partial charge in [0.1, 0.15) is 11.6 Å². The van der Waals surface area contributed by atoms with Crippen LogP contribution in [0.15, 0.2) is 42.5 Å². The number of aryl methyl sites for hydroxylation is 2. The molecule has 0 aliphatic carbocycles. The molecule has 122 valence electrons. The highest BCUT2D eigenvalue weighted by Gasteiger charge is 2.14. The topological polar surface area (TPSA) is 29.5 Å². The van der Waals surface area contributed by atoms with Crippen molar-refractivity contribution in [3.8, 4) is 5.75 Å². The van der Waals surface area contributed by atoms with Crippen LogP contribution >= 0.6 is 0 Å². The van der Waals surface area contributed by atoms with Gasteiger partial charge in [0.25, 0.3) is 0 Å². The molecule has 0 aliphatic heterocycles. The molecule has 23 heavy (non-hydrogen) atoms. The molecule has 0 bridgehead atoms. The van der Waals surface area contributed by atoms with Gasteiger partial charge in [0, 0.05) is 12.2 Å². The Morgan fingerprint density at radius 3 is 2.43 bits per heavy atom. The summed E-state index contributed by atoms with van der Waals surface area (Å²) in [6.07, 6.45) is 0.276. The zero-order valence-electron chi connectivity index (χ0n) is 13.8. The first-order valence-corrected chi connectivity index (χ1v) is 7.77. The summed E-state index contributed by atoms with van der Waals surface area (Å²) in [6, 6.07) is 11.9. The SMILES string of the molecule is CCN(C(=O)CCOc1ccc(C)cc1C)c1ccc(F)cc1. The van der Waals surface area contributed by atoms with E-state index in [1.807, 2.05) is 39.0 Å². The van der Waals surface area contributed by atoms with Crippen molar-refractivity contribution >= 4 is 11.6 Å². The lowest BCUT2D eigenvalue weighted by atomic mass is 10.1. The minimum atomic E-state index is -0.310. The van der Waals surface area contributed by atoms with E-state index in [0.717, 1.165) is 11.3 Å². The molecular formula is C19H22FNO2. The molecule has 0 aromatic heterocycles. The number of anilines is 1. The standard InChI is InChI=1S/C19H22FNO2/c1-4-21(17-8-6-16(20)7-9-17)19(22)11-12-23-18-10-5-14(2)13-15(18)3/h5-10,13H,4,11-12H2,1-3H3. The molecule has 0 saturated carbocycles.